The number of hydrogen-bond acceptors (Lipinski definition) is 5. The topological polar surface area (TPSA) is 60.1 Å². The first-order valence-corrected chi connectivity index (χ1v) is 10.7. The van der Waals surface area contributed by atoms with Crippen LogP contribution in [0.25, 0.3) is 0 Å². The molecular formula is C17H24N4O2S2. The molecule has 1 atom stereocenters. The normalized spacial score (nSPS) is 19.6. The van der Waals surface area contributed by atoms with Gasteiger partial charge in [-0.2, -0.15) is 5.10 Å². The van der Waals surface area contributed by atoms with Gasteiger partial charge in [0.2, 0.25) is 0 Å². The van der Waals surface area contributed by atoms with Crippen LogP contribution in [0.2, 0.25) is 0 Å². The van der Waals surface area contributed by atoms with Gasteiger partial charge in [0.25, 0.3) is 0 Å². The summed E-state index contributed by atoms with van der Waals surface area (Å²) < 4.78 is 27.9. The molecule has 0 N–H and O–H groups in total. The van der Waals surface area contributed by atoms with Gasteiger partial charge in [-0.3, -0.25) is 4.90 Å². The number of hydrogen-bond donors (Lipinski definition) is 0. The Hall–Kier alpha value is -1.51. The highest BCUT2D eigenvalue weighted by Crippen LogP contribution is 2.18. The summed E-state index contributed by atoms with van der Waals surface area (Å²) in [5, 5.41) is 4.68. The molecule has 25 heavy (non-hydrogen) atoms. The maximum atomic E-state index is 11.8. The predicted octanol–water partition coefficient (Wildman–Crippen LogP) is 2.01. The second-order valence-electron chi connectivity index (χ2n) is 6.52. The van der Waals surface area contributed by atoms with Crippen LogP contribution < -0.4 is 0 Å². The van der Waals surface area contributed by atoms with E-state index in [4.69, 9.17) is 12.2 Å². The molecule has 2 aromatic rings. The number of rotatable bonds is 6. The van der Waals surface area contributed by atoms with Gasteiger partial charge in [-0.15, -0.1) is 0 Å². The van der Waals surface area contributed by atoms with E-state index in [1.54, 1.807) is 0 Å². The van der Waals surface area contributed by atoms with E-state index in [1.165, 1.54) is 5.56 Å². The van der Waals surface area contributed by atoms with Crippen LogP contribution in [0.5, 0.6) is 0 Å². The van der Waals surface area contributed by atoms with Crippen LogP contribution in [0, 0.1) is 4.77 Å². The summed E-state index contributed by atoms with van der Waals surface area (Å²) >= 11 is 5.53. The van der Waals surface area contributed by atoms with Gasteiger partial charge in [0.15, 0.2) is 14.6 Å². The Balaban J connectivity index is 1.78. The van der Waals surface area contributed by atoms with Crippen LogP contribution in [-0.2, 0) is 30.0 Å². The summed E-state index contributed by atoms with van der Waals surface area (Å²) in [4.78, 5) is 2.15. The van der Waals surface area contributed by atoms with E-state index in [1.807, 2.05) is 41.4 Å². The summed E-state index contributed by atoms with van der Waals surface area (Å²) in [6.45, 7) is 3.34. The van der Waals surface area contributed by atoms with E-state index >= 15 is 0 Å². The third-order valence-electron chi connectivity index (χ3n) is 4.78. The molecule has 0 amide bonds. The molecule has 0 spiro atoms. The molecule has 6 nitrogen and oxygen atoms in total. The van der Waals surface area contributed by atoms with Crippen molar-refractivity contribution in [3.8, 4) is 0 Å². The molecule has 3 rings (SSSR count). The average molecular weight is 381 g/mol. The smallest absolute Gasteiger partial charge is 0.198 e. The minimum absolute atomic E-state index is 0.0523. The average Bonchev–Trinajstić information content (AvgIpc) is 3.08. The third-order valence-corrected chi connectivity index (χ3v) is 7.02. The molecular weight excluding hydrogens is 356 g/mol. The van der Waals surface area contributed by atoms with E-state index in [9.17, 15) is 8.42 Å². The van der Waals surface area contributed by atoms with Crippen molar-refractivity contribution in [2.75, 3.05) is 18.1 Å². The maximum absolute atomic E-state index is 11.8. The Labute approximate surface area is 154 Å². The van der Waals surface area contributed by atoms with Gasteiger partial charge < -0.3 is 4.57 Å². The summed E-state index contributed by atoms with van der Waals surface area (Å²) in [5.41, 5.74) is 1.19. The molecule has 1 aliphatic rings. The monoisotopic (exact) mass is 380 g/mol. The van der Waals surface area contributed by atoms with Crippen molar-refractivity contribution in [3.63, 3.8) is 0 Å². The number of aromatic nitrogens is 3. The molecule has 1 saturated heterocycles. The third kappa shape index (κ3) is 4.19. The highest BCUT2D eigenvalue weighted by atomic mass is 32.2. The number of nitrogens with zero attached hydrogens (tertiary/aromatic N) is 4. The standard InChI is InChI=1S/C17H24N4O2S2/c1-3-20(15-9-10-25(22,23)12-15)13-21-17(24)19(2)16(18-21)11-14-7-5-4-6-8-14/h4-8,15H,3,9-13H2,1-2H3/t15-/m1/s1. The molecule has 1 aliphatic heterocycles. The molecule has 1 fully saturated rings. The van der Waals surface area contributed by atoms with E-state index in [2.05, 4.69) is 22.1 Å². The van der Waals surface area contributed by atoms with Crippen LogP contribution in [0.4, 0.5) is 0 Å². The largest absolute Gasteiger partial charge is 0.307 e. The van der Waals surface area contributed by atoms with Crippen molar-refractivity contribution < 1.29 is 8.42 Å². The van der Waals surface area contributed by atoms with E-state index in [-0.39, 0.29) is 17.5 Å². The molecule has 136 valence electrons. The Morgan fingerprint density at radius 2 is 2.04 bits per heavy atom. The van der Waals surface area contributed by atoms with Gasteiger partial charge in [0.1, 0.15) is 5.82 Å². The summed E-state index contributed by atoms with van der Waals surface area (Å²) in [5.74, 6) is 1.42. The first kappa shape index (κ1) is 18.3. The van der Waals surface area contributed by atoms with E-state index < -0.39 is 9.84 Å². The summed E-state index contributed by atoms with van der Waals surface area (Å²) in [6.07, 6.45) is 1.41. The zero-order valence-electron chi connectivity index (χ0n) is 14.6. The lowest BCUT2D eigenvalue weighted by Crippen LogP contribution is -2.37. The minimum Gasteiger partial charge on any atom is -0.307 e. The van der Waals surface area contributed by atoms with Crippen molar-refractivity contribution in [2.45, 2.75) is 32.5 Å². The number of sulfone groups is 1. The maximum Gasteiger partial charge on any atom is 0.198 e. The van der Waals surface area contributed by atoms with Gasteiger partial charge >= 0.3 is 0 Å². The Morgan fingerprint density at radius 3 is 2.64 bits per heavy atom. The molecule has 0 saturated carbocycles. The molecule has 0 radical (unpaired) electrons. The quantitative estimate of drug-likeness (QED) is 0.718. The van der Waals surface area contributed by atoms with Gasteiger partial charge in [0.05, 0.1) is 18.2 Å². The van der Waals surface area contributed by atoms with E-state index in [0.717, 1.165) is 18.8 Å². The molecule has 1 aromatic heterocycles. The Kier molecular flexibility index (Phi) is 5.41. The second-order valence-corrected chi connectivity index (χ2v) is 9.12. The first-order valence-electron chi connectivity index (χ1n) is 8.50. The van der Waals surface area contributed by atoms with Gasteiger partial charge in [0, 0.05) is 19.5 Å². The SMILES string of the molecule is CCN(Cn1nc(Cc2ccccc2)n(C)c1=S)[C@@H]1CCS(=O)(=O)C1. The van der Waals surface area contributed by atoms with Crippen LogP contribution >= 0.6 is 12.2 Å². The minimum atomic E-state index is -2.90. The Morgan fingerprint density at radius 1 is 1.32 bits per heavy atom. The van der Waals surface area contributed by atoms with Gasteiger partial charge in [-0.1, -0.05) is 37.3 Å². The van der Waals surface area contributed by atoms with Gasteiger partial charge in [-0.05, 0) is 30.7 Å². The zero-order chi connectivity index (χ0) is 18.0. The molecule has 2 heterocycles. The first-order chi connectivity index (χ1) is 11.9. The van der Waals surface area contributed by atoms with Crippen LogP contribution in [0.15, 0.2) is 30.3 Å². The Bertz CT molecular complexity index is 887. The lowest BCUT2D eigenvalue weighted by molar-refractivity contribution is 0.163. The summed E-state index contributed by atoms with van der Waals surface area (Å²) in [7, 11) is -0.968. The zero-order valence-corrected chi connectivity index (χ0v) is 16.3. The van der Waals surface area contributed by atoms with Crippen LogP contribution in [0.1, 0.15) is 24.7 Å². The van der Waals surface area contributed by atoms with Crippen LogP contribution in [0.3, 0.4) is 0 Å². The molecule has 0 unspecified atom stereocenters. The van der Waals surface area contributed by atoms with Crippen molar-refractivity contribution in [3.05, 3.63) is 46.5 Å². The second kappa shape index (κ2) is 7.39. The summed E-state index contributed by atoms with van der Waals surface area (Å²) in [6, 6.07) is 10.2. The van der Waals surface area contributed by atoms with Crippen molar-refractivity contribution in [1.29, 1.82) is 0 Å². The highest BCUT2D eigenvalue weighted by Gasteiger charge is 2.32. The lowest BCUT2D eigenvalue weighted by atomic mass is 10.1. The fourth-order valence-electron chi connectivity index (χ4n) is 3.27. The predicted molar refractivity (Wildman–Crippen MR) is 101 cm³/mol. The highest BCUT2D eigenvalue weighted by molar-refractivity contribution is 7.91. The molecule has 1 aromatic carbocycles. The lowest BCUT2D eigenvalue weighted by Gasteiger charge is -2.26. The number of benzene rings is 1. The van der Waals surface area contributed by atoms with Crippen molar-refractivity contribution in [2.24, 2.45) is 7.05 Å². The van der Waals surface area contributed by atoms with Crippen molar-refractivity contribution in [1.82, 2.24) is 19.2 Å². The molecule has 0 aliphatic carbocycles. The van der Waals surface area contributed by atoms with Crippen LogP contribution in [-0.4, -0.2) is 51.8 Å². The fraction of sp³-hybridized carbons (Fsp3) is 0.529. The van der Waals surface area contributed by atoms with Crippen molar-refractivity contribution >= 4 is 22.1 Å². The van der Waals surface area contributed by atoms with Gasteiger partial charge in [-0.25, -0.2) is 13.1 Å². The van der Waals surface area contributed by atoms with E-state index in [0.29, 0.717) is 17.9 Å². The fourth-order valence-corrected chi connectivity index (χ4v) is 5.23. The molecule has 8 heteroatoms. The molecule has 0 bridgehead atoms.